The molecule has 1 heterocycles. The molecule has 0 unspecified atom stereocenters. The Morgan fingerprint density at radius 3 is 2.94 bits per heavy atom. The second-order valence-electron chi connectivity index (χ2n) is 4.19. The number of nitrogens with zero attached hydrogens (tertiary/aromatic N) is 2. The van der Waals surface area contributed by atoms with Crippen molar-refractivity contribution in [1.82, 2.24) is 9.78 Å². The van der Waals surface area contributed by atoms with Gasteiger partial charge in [0.05, 0.1) is 19.3 Å². The minimum Gasteiger partial charge on any atom is -0.508 e. The van der Waals surface area contributed by atoms with Crippen LogP contribution in [0.1, 0.15) is 11.1 Å². The van der Waals surface area contributed by atoms with Crippen molar-refractivity contribution in [3.05, 3.63) is 41.7 Å². The molecule has 2 rings (SSSR count). The standard InChI is InChI=1S/C13H17N3O2/c1-10-2-3-12(6-13(10)18)14-7-11-8-15-16(9-11)4-5-17/h2-3,6,8-9,14,17-18H,4-5,7H2,1H3. The van der Waals surface area contributed by atoms with Crippen LogP contribution in [0.25, 0.3) is 0 Å². The topological polar surface area (TPSA) is 70.3 Å². The molecule has 96 valence electrons. The summed E-state index contributed by atoms with van der Waals surface area (Å²) in [6.07, 6.45) is 3.65. The van der Waals surface area contributed by atoms with E-state index in [2.05, 4.69) is 10.4 Å². The molecule has 0 spiro atoms. The van der Waals surface area contributed by atoms with E-state index in [1.807, 2.05) is 25.3 Å². The highest BCUT2D eigenvalue weighted by molar-refractivity contribution is 5.51. The van der Waals surface area contributed by atoms with Crippen LogP contribution >= 0.6 is 0 Å². The van der Waals surface area contributed by atoms with Gasteiger partial charge in [-0.05, 0) is 18.6 Å². The molecule has 0 saturated heterocycles. The predicted octanol–water partition coefficient (Wildman–Crippen LogP) is 1.50. The molecular formula is C13H17N3O2. The summed E-state index contributed by atoms with van der Waals surface area (Å²) in [6, 6.07) is 5.49. The summed E-state index contributed by atoms with van der Waals surface area (Å²) in [4.78, 5) is 0. The number of nitrogens with one attached hydrogen (secondary N) is 1. The Labute approximate surface area is 106 Å². The van der Waals surface area contributed by atoms with Crippen LogP contribution in [0.2, 0.25) is 0 Å². The molecule has 2 aromatic rings. The highest BCUT2D eigenvalue weighted by atomic mass is 16.3. The third kappa shape index (κ3) is 3.01. The first-order valence-corrected chi connectivity index (χ1v) is 5.84. The molecular weight excluding hydrogens is 230 g/mol. The molecule has 1 aromatic heterocycles. The van der Waals surface area contributed by atoms with Crippen LogP contribution in [-0.4, -0.2) is 26.6 Å². The highest BCUT2D eigenvalue weighted by Gasteiger charge is 2.00. The summed E-state index contributed by atoms with van der Waals surface area (Å²) in [5, 5.41) is 25.7. The minimum atomic E-state index is 0.0837. The monoisotopic (exact) mass is 247 g/mol. The first kappa shape index (κ1) is 12.4. The zero-order chi connectivity index (χ0) is 13.0. The van der Waals surface area contributed by atoms with Crippen molar-refractivity contribution >= 4 is 5.69 Å². The van der Waals surface area contributed by atoms with Gasteiger partial charge in [-0.3, -0.25) is 4.68 Å². The normalized spacial score (nSPS) is 10.6. The van der Waals surface area contributed by atoms with Gasteiger partial charge in [-0.25, -0.2) is 0 Å². The largest absolute Gasteiger partial charge is 0.508 e. The van der Waals surface area contributed by atoms with E-state index < -0.39 is 0 Å². The smallest absolute Gasteiger partial charge is 0.120 e. The summed E-state index contributed by atoms with van der Waals surface area (Å²) >= 11 is 0. The van der Waals surface area contributed by atoms with Gasteiger partial charge in [0.25, 0.3) is 0 Å². The van der Waals surface area contributed by atoms with E-state index in [1.165, 1.54) is 0 Å². The number of rotatable bonds is 5. The number of aromatic hydroxyl groups is 1. The number of hydrogen-bond acceptors (Lipinski definition) is 4. The van der Waals surface area contributed by atoms with Crippen molar-refractivity contribution in [3.8, 4) is 5.75 Å². The molecule has 18 heavy (non-hydrogen) atoms. The Balaban J connectivity index is 1.95. The van der Waals surface area contributed by atoms with Crippen LogP contribution in [0, 0.1) is 6.92 Å². The maximum absolute atomic E-state index is 9.59. The summed E-state index contributed by atoms with van der Waals surface area (Å²) < 4.78 is 1.70. The molecule has 0 bridgehead atoms. The lowest BCUT2D eigenvalue weighted by Gasteiger charge is -2.06. The number of phenolic OH excluding ortho intramolecular Hbond substituents is 1. The van der Waals surface area contributed by atoms with E-state index in [4.69, 9.17) is 5.11 Å². The van der Waals surface area contributed by atoms with Gasteiger partial charge in [0, 0.05) is 30.1 Å². The van der Waals surface area contributed by atoms with Crippen molar-refractivity contribution < 1.29 is 10.2 Å². The third-order valence-electron chi connectivity index (χ3n) is 2.72. The van der Waals surface area contributed by atoms with Crippen LogP contribution < -0.4 is 5.32 Å². The fourth-order valence-electron chi connectivity index (χ4n) is 1.65. The van der Waals surface area contributed by atoms with Gasteiger partial charge in [-0.2, -0.15) is 5.10 Å². The van der Waals surface area contributed by atoms with Crippen LogP contribution in [0.5, 0.6) is 5.75 Å². The summed E-state index contributed by atoms with van der Waals surface area (Å²) in [6.45, 7) is 3.08. The Morgan fingerprint density at radius 1 is 1.39 bits per heavy atom. The fraction of sp³-hybridized carbons (Fsp3) is 0.308. The van der Waals surface area contributed by atoms with E-state index >= 15 is 0 Å². The van der Waals surface area contributed by atoms with Gasteiger partial charge in [-0.15, -0.1) is 0 Å². The summed E-state index contributed by atoms with van der Waals surface area (Å²) in [7, 11) is 0. The summed E-state index contributed by atoms with van der Waals surface area (Å²) in [5.41, 5.74) is 2.76. The van der Waals surface area contributed by atoms with Gasteiger partial charge < -0.3 is 15.5 Å². The Morgan fingerprint density at radius 2 is 2.22 bits per heavy atom. The second-order valence-corrected chi connectivity index (χ2v) is 4.19. The SMILES string of the molecule is Cc1ccc(NCc2cnn(CCO)c2)cc1O. The van der Waals surface area contributed by atoms with Crippen molar-refractivity contribution in [2.24, 2.45) is 0 Å². The number of hydrogen-bond donors (Lipinski definition) is 3. The maximum atomic E-state index is 9.59. The molecule has 0 amide bonds. The summed E-state index contributed by atoms with van der Waals surface area (Å²) in [5.74, 6) is 0.288. The maximum Gasteiger partial charge on any atom is 0.120 e. The number of phenols is 1. The lowest BCUT2D eigenvalue weighted by atomic mass is 10.2. The van der Waals surface area contributed by atoms with Crippen LogP contribution in [-0.2, 0) is 13.1 Å². The van der Waals surface area contributed by atoms with E-state index in [-0.39, 0.29) is 12.4 Å². The average molecular weight is 247 g/mol. The molecule has 0 aliphatic rings. The molecule has 1 aromatic carbocycles. The molecule has 0 fully saturated rings. The van der Waals surface area contributed by atoms with E-state index in [0.717, 1.165) is 16.8 Å². The van der Waals surface area contributed by atoms with Gasteiger partial charge in [0.15, 0.2) is 0 Å². The molecule has 0 atom stereocenters. The van der Waals surface area contributed by atoms with E-state index in [1.54, 1.807) is 16.9 Å². The average Bonchev–Trinajstić information content (AvgIpc) is 2.79. The highest BCUT2D eigenvalue weighted by Crippen LogP contribution is 2.21. The number of benzene rings is 1. The van der Waals surface area contributed by atoms with Gasteiger partial charge in [0.2, 0.25) is 0 Å². The Hall–Kier alpha value is -2.01. The van der Waals surface area contributed by atoms with Crippen molar-refractivity contribution in [3.63, 3.8) is 0 Å². The number of aryl methyl sites for hydroxylation is 1. The lowest BCUT2D eigenvalue weighted by Crippen LogP contribution is -2.02. The fourth-order valence-corrected chi connectivity index (χ4v) is 1.65. The first-order chi connectivity index (χ1) is 8.69. The lowest BCUT2D eigenvalue weighted by molar-refractivity contribution is 0.269. The molecule has 3 N–H and O–H groups in total. The van der Waals surface area contributed by atoms with Crippen LogP contribution in [0.4, 0.5) is 5.69 Å². The van der Waals surface area contributed by atoms with Crippen LogP contribution in [0.3, 0.4) is 0 Å². The molecule has 5 nitrogen and oxygen atoms in total. The van der Waals surface area contributed by atoms with Crippen LogP contribution in [0.15, 0.2) is 30.6 Å². The first-order valence-electron chi connectivity index (χ1n) is 5.84. The van der Waals surface area contributed by atoms with E-state index in [0.29, 0.717) is 13.1 Å². The molecule has 0 aliphatic carbocycles. The van der Waals surface area contributed by atoms with Gasteiger partial charge in [0.1, 0.15) is 5.75 Å². The van der Waals surface area contributed by atoms with Gasteiger partial charge in [-0.1, -0.05) is 6.07 Å². The van der Waals surface area contributed by atoms with Crippen molar-refractivity contribution in [2.75, 3.05) is 11.9 Å². The number of aliphatic hydroxyl groups is 1. The van der Waals surface area contributed by atoms with Crippen molar-refractivity contribution in [1.29, 1.82) is 0 Å². The Kier molecular flexibility index (Phi) is 3.84. The predicted molar refractivity (Wildman–Crippen MR) is 69.5 cm³/mol. The molecule has 0 saturated carbocycles. The zero-order valence-electron chi connectivity index (χ0n) is 10.3. The van der Waals surface area contributed by atoms with Crippen molar-refractivity contribution in [2.45, 2.75) is 20.0 Å². The molecule has 5 heteroatoms. The molecule has 0 radical (unpaired) electrons. The number of anilines is 1. The second kappa shape index (κ2) is 5.55. The minimum absolute atomic E-state index is 0.0837. The van der Waals surface area contributed by atoms with E-state index in [9.17, 15) is 5.11 Å². The zero-order valence-corrected chi connectivity index (χ0v) is 10.3. The van der Waals surface area contributed by atoms with Gasteiger partial charge >= 0.3 is 0 Å². The Bertz CT molecular complexity index is 523. The quantitative estimate of drug-likeness (QED) is 0.749. The number of aliphatic hydroxyl groups excluding tert-OH is 1. The number of aromatic nitrogens is 2. The third-order valence-corrected chi connectivity index (χ3v) is 2.72. The molecule has 0 aliphatic heterocycles.